The number of carboxylic acid groups (broad SMARTS) is 1. The van der Waals surface area contributed by atoms with Crippen molar-refractivity contribution >= 4 is 29.3 Å². The quantitative estimate of drug-likeness (QED) is 0.920. The molecule has 0 bridgehead atoms. The molecule has 1 spiro atoms. The molecule has 6 heteroatoms. The number of halogens is 1. The smallest absolute Gasteiger partial charge is 0.339 e. The molecule has 3 rings (SSSR count). The standard InChI is InChI=1S/C15H17ClO4S/c16-10-1-2-12(14(17)18)13(7-10)20-11-3-5-19-15(8-11)4-6-21-9-15/h1-2,7,11H,3-6,8-9H2,(H,17,18). The van der Waals surface area contributed by atoms with E-state index in [4.69, 9.17) is 21.1 Å². The number of ether oxygens (including phenoxy) is 2. The molecule has 1 aromatic carbocycles. The van der Waals surface area contributed by atoms with E-state index in [9.17, 15) is 9.90 Å². The lowest BCUT2D eigenvalue weighted by Crippen LogP contribution is -2.44. The fraction of sp³-hybridized carbons (Fsp3) is 0.533. The molecule has 2 atom stereocenters. The summed E-state index contributed by atoms with van der Waals surface area (Å²) in [6.45, 7) is 0.661. The Morgan fingerprint density at radius 3 is 3.10 bits per heavy atom. The molecule has 1 aromatic rings. The first-order valence-corrected chi connectivity index (χ1v) is 8.52. The molecule has 2 fully saturated rings. The molecule has 0 aromatic heterocycles. The number of carboxylic acids is 1. The molecule has 0 radical (unpaired) electrons. The predicted molar refractivity (Wildman–Crippen MR) is 82.7 cm³/mol. The topological polar surface area (TPSA) is 55.8 Å². The zero-order valence-corrected chi connectivity index (χ0v) is 13.1. The number of benzene rings is 1. The number of hydrogen-bond donors (Lipinski definition) is 1. The number of hydrogen-bond acceptors (Lipinski definition) is 4. The van der Waals surface area contributed by atoms with Gasteiger partial charge in [-0.15, -0.1) is 0 Å². The maximum atomic E-state index is 11.3. The van der Waals surface area contributed by atoms with Gasteiger partial charge in [0.25, 0.3) is 0 Å². The van der Waals surface area contributed by atoms with Crippen LogP contribution in [0.2, 0.25) is 5.02 Å². The summed E-state index contributed by atoms with van der Waals surface area (Å²) in [4.78, 5) is 11.3. The van der Waals surface area contributed by atoms with Gasteiger partial charge >= 0.3 is 5.97 Å². The van der Waals surface area contributed by atoms with Crippen molar-refractivity contribution in [3.8, 4) is 5.75 Å². The van der Waals surface area contributed by atoms with Gasteiger partial charge in [0, 0.05) is 23.6 Å². The summed E-state index contributed by atoms with van der Waals surface area (Å²) in [6.07, 6.45) is 2.61. The minimum atomic E-state index is -1.00. The first-order valence-electron chi connectivity index (χ1n) is 6.99. The highest BCUT2D eigenvalue weighted by molar-refractivity contribution is 7.99. The second-order valence-corrected chi connectivity index (χ2v) is 7.05. The average molecular weight is 329 g/mol. The first-order chi connectivity index (χ1) is 10.1. The van der Waals surface area contributed by atoms with Gasteiger partial charge < -0.3 is 14.6 Å². The fourth-order valence-corrected chi connectivity index (χ4v) is 4.44. The average Bonchev–Trinajstić information content (AvgIpc) is 2.86. The number of aromatic carboxylic acids is 1. The Bertz CT molecular complexity index is 542. The Hall–Kier alpha value is -0.910. The Morgan fingerprint density at radius 1 is 1.52 bits per heavy atom. The highest BCUT2D eigenvalue weighted by Gasteiger charge is 2.41. The lowest BCUT2D eigenvalue weighted by molar-refractivity contribution is -0.0959. The van der Waals surface area contributed by atoms with E-state index in [2.05, 4.69) is 0 Å². The zero-order valence-electron chi connectivity index (χ0n) is 11.5. The fourth-order valence-electron chi connectivity index (χ4n) is 2.90. The van der Waals surface area contributed by atoms with Gasteiger partial charge in [0.05, 0.1) is 12.2 Å². The van der Waals surface area contributed by atoms with Gasteiger partial charge in [-0.3, -0.25) is 0 Å². The van der Waals surface area contributed by atoms with Crippen LogP contribution in [0.25, 0.3) is 0 Å². The lowest BCUT2D eigenvalue weighted by Gasteiger charge is -2.37. The minimum Gasteiger partial charge on any atom is -0.489 e. The van der Waals surface area contributed by atoms with E-state index in [0.717, 1.165) is 30.8 Å². The van der Waals surface area contributed by atoms with E-state index in [1.807, 2.05) is 11.8 Å². The third-order valence-electron chi connectivity index (χ3n) is 3.98. The maximum Gasteiger partial charge on any atom is 0.339 e. The van der Waals surface area contributed by atoms with Crippen molar-refractivity contribution in [2.75, 3.05) is 18.1 Å². The van der Waals surface area contributed by atoms with Gasteiger partial charge in [-0.1, -0.05) is 11.6 Å². The van der Waals surface area contributed by atoms with Crippen LogP contribution < -0.4 is 4.74 Å². The summed E-state index contributed by atoms with van der Waals surface area (Å²) in [6, 6.07) is 4.63. The van der Waals surface area contributed by atoms with Crippen LogP contribution in [0, 0.1) is 0 Å². The molecule has 2 aliphatic rings. The monoisotopic (exact) mass is 328 g/mol. The van der Waals surface area contributed by atoms with Crippen molar-refractivity contribution in [3.63, 3.8) is 0 Å². The third kappa shape index (κ3) is 3.30. The van der Waals surface area contributed by atoms with Crippen molar-refractivity contribution in [2.24, 2.45) is 0 Å². The first kappa shape index (κ1) is 15.0. The molecular weight excluding hydrogens is 312 g/mol. The van der Waals surface area contributed by atoms with Crippen LogP contribution in [0.5, 0.6) is 5.75 Å². The molecule has 0 aliphatic carbocycles. The van der Waals surface area contributed by atoms with Crippen LogP contribution in [-0.4, -0.2) is 40.9 Å². The van der Waals surface area contributed by atoms with E-state index in [1.54, 1.807) is 12.1 Å². The normalized spacial score (nSPS) is 28.7. The largest absolute Gasteiger partial charge is 0.489 e. The Balaban J connectivity index is 1.77. The molecule has 4 nitrogen and oxygen atoms in total. The Labute approximate surface area is 132 Å². The summed E-state index contributed by atoms with van der Waals surface area (Å²) in [5.74, 6) is 1.46. The van der Waals surface area contributed by atoms with Gasteiger partial charge in [0.15, 0.2) is 0 Å². The van der Waals surface area contributed by atoms with Crippen LogP contribution >= 0.6 is 23.4 Å². The second kappa shape index (κ2) is 6.07. The molecule has 2 unspecified atom stereocenters. The summed E-state index contributed by atoms with van der Waals surface area (Å²) in [5, 5.41) is 9.72. The van der Waals surface area contributed by atoms with E-state index in [0.29, 0.717) is 17.4 Å². The van der Waals surface area contributed by atoms with Crippen molar-refractivity contribution in [1.29, 1.82) is 0 Å². The number of carbonyl (C=O) groups is 1. The van der Waals surface area contributed by atoms with Crippen molar-refractivity contribution in [1.82, 2.24) is 0 Å². The molecule has 2 heterocycles. The van der Waals surface area contributed by atoms with E-state index >= 15 is 0 Å². The minimum absolute atomic E-state index is 0.0194. The third-order valence-corrected chi connectivity index (χ3v) is 5.44. The molecule has 0 saturated carbocycles. The van der Waals surface area contributed by atoms with Crippen molar-refractivity contribution < 1.29 is 19.4 Å². The summed E-state index contributed by atoms with van der Waals surface area (Å²) in [7, 11) is 0. The molecule has 114 valence electrons. The molecule has 0 amide bonds. The van der Waals surface area contributed by atoms with Crippen LogP contribution in [0.4, 0.5) is 0 Å². The summed E-state index contributed by atoms with van der Waals surface area (Å²) < 4.78 is 11.9. The van der Waals surface area contributed by atoms with Crippen molar-refractivity contribution in [2.45, 2.75) is 31.0 Å². The predicted octanol–water partition coefficient (Wildman–Crippen LogP) is 3.47. The Kier molecular flexibility index (Phi) is 4.33. The van der Waals surface area contributed by atoms with Gasteiger partial charge in [0.2, 0.25) is 0 Å². The number of rotatable bonds is 3. The van der Waals surface area contributed by atoms with Gasteiger partial charge in [-0.05, 0) is 30.4 Å². The maximum absolute atomic E-state index is 11.3. The van der Waals surface area contributed by atoms with Gasteiger partial charge in [-0.25, -0.2) is 4.79 Å². The lowest BCUT2D eigenvalue weighted by atomic mass is 9.91. The van der Waals surface area contributed by atoms with Gasteiger partial charge in [0.1, 0.15) is 17.4 Å². The zero-order chi connectivity index (χ0) is 14.9. The summed E-state index contributed by atoms with van der Waals surface area (Å²) in [5.41, 5.74) is 0.0657. The van der Waals surface area contributed by atoms with E-state index < -0.39 is 5.97 Å². The van der Waals surface area contributed by atoms with Crippen molar-refractivity contribution in [3.05, 3.63) is 28.8 Å². The van der Waals surface area contributed by atoms with Crippen LogP contribution in [0.15, 0.2) is 18.2 Å². The molecular formula is C15H17ClO4S. The SMILES string of the molecule is O=C(O)c1ccc(Cl)cc1OC1CCOC2(CCSC2)C1. The summed E-state index contributed by atoms with van der Waals surface area (Å²) >= 11 is 7.86. The molecule has 1 N–H and O–H groups in total. The molecule has 2 saturated heterocycles. The van der Waals surface area contributed by atoms with Crippen LogP contribution in [0.1, 0.15) is 29.6 Å². The van der Waals surface area contributed by atoms with E-state index in [-0.39, 0.29) is 17.3 Å². The number of thioether (sulfide) groups is 1. The second-order valence-electron chi connectivity index (χ2n) is 5.51. The highest BCUT2D eigenvalue weighted by atomic mass is 35.5. The Morgan fingerprint density at radius 2 is 2.38 bits per heavy atom. The van der Waals surface area contributed by atoms with Crippen LogP contribution in [0.3, 0.4) is 0 Å². The van der Waals surface area contributed by atoms with Crippen LogP contribution in [-0.2, 0) is 4.74 Å². The highest BCUT2D eigenvalue weighted by Crippen LogP contribution is 2.39. The molecule has 21 heavy (non-hydrogen) atoms. The van der Waals surface area contributed by atoms with E-state index in [1.165, 1.54) is 6.07 Å². The van der Waals surface area contributed by atoms with Gasteiger partial charge in [-0.2, -0.15) is 11.8 Å². The molecule has 2 aliphatic heterocycles.